The van der Waals surface area contributed by atoms with Gasteiger partial charge in [0.1, 0.15) is 11.7 Å². The highest BCUT2D eigenvalue weighted by molar-refractivity contribution is 6.07. The van der Waals surface area contributed by atoms with Gasteiger partial charge in [0.05, 0.1) is 30.6 Å². The van der Waals surface area contributed by atoms with E-state index in [1.54, 1.807) is 29.2 Å². The predicted molar refractivity (Wildman–Crippen MR) is 149 cm³/mol. The fraction of sp³-hybridized carbons (Fsp3) is 0.241. The van der Waals surface area contributed by atoms with E-state index in [0.29, 0.717) is 35.5 Å². The Balaban J connectivity index is 1.53. The number of fused-ring (bicyclic) bond motifs is 1. The number of hydrogen-bond donors (Lipinski definition) is 3. The van der Waals surface area contributed by atoms with Gasteiger partial charge >= 0.3 is 5.97 Å². The highest BCUT2D eigenvalue weighted by Gasteiger charge is 2.20. The Morgan fingerprint density at radius 1 is 1.05 bits per heavy atom. The lowest BCUT2D eigenvalue weighted by atomic mass is 10.1. The Morgan fingerprint density at radius 3 is 2.45 bits per heavy atom. The van der Waals surface area contributed by atoms with Crippen molar-refractivity contribution in [3.05, 3.63) is 89.7 Å². The third kappa shape index (κ3) is 6.18. The number of hydrogen-bond acceptors (Lipinski definition) is 6. The number of benzene rings is 3. The smallest absolute Gasteiger partial charge is 0.307 e. The molecule has 196 valence electrons. The molecule has 0 bridgehead atoms. The van der Waals surface area contributed by atoms with Crippen LogP contribution in [0.2, 0.25) is 0 Å². The van der Waals surface area contributed by atoms with Gasteiger partial charge in [0.2, 0.25) is 0 Å². The number of imidazole rings is 1. The normalized spacial score (nSPS) is 10.8. The molecule has 9 heteroatoms. The first-order chi connectivity index (χ1) is 18.4. The van der Waals surface area contributed by atoms with Crippen molar-refractivity contribution in [2.24, 2.45) is 12.8 Å². The first-order valence-electron chi connectivity index (χ1n) is 12.5. The molecule has 1 amide bonds. The molecular weight excluding hydrogens is 480 g/mol. The van der Waals surface area contributed by atoms with Gasteiger partial charge in [-0.1, -0.05) is 25.1 Å². The van der Waals surface area contributed by atoms with Crippen molar-refractivity contribution in [1.82, 2.24) is 9.55 Å². The molecule has 0 saturated carbocycles. The van der Waals surface area contributed by atoms with Crippen molar-refractivity contribution in [1.29, 1.82) is 5.41 Å². The SMILES string of the molecule is CCCOC(=O)CCN(C(=O)c1ccc2c(c1)nc(CNc1ccc(C(=N)N)cc1)n2C)c1ccccc1. The second-order valence-corrected chi connectivity index (χ2v) is 8.90. The zero-order chi connectivity index (χ0) is 27.1. The van der Waals surface area contributed by atoms with E-state index >= 15 is 0 Å². The Bertz CT molecular complexity index is 1430. The fourth-order valence-electron chi connectivity index (χ4n) is 4.09. The van der Waals surface area contributed by atoms with Crippen molar-refractivity contribution in [3.63, 3.8) is 0 Å². The Labute approximate surface area is 221 Å². The Morgan fingerprint density at radius 2 is 1.76 bits per heavy atom. The molecule has 1 aromatic heterocycles. The van der Waals surface area contributed by atoms with Crippen LogP contribution in [0.1, 0.15) is 41.5 Å². The first kappa shape index (κ1) is 26.4. The number of aryl methyl sites for hydroxylation is 1. The number of para-hydroxylation sites is 1. The van der Waals surface area contributed by atoms with E-state index in [1.165, 1.54) is 0 Å². The molecule has 9 nitrogen and oxygen atoms in total. The molecular formula is C29H32N6O3. The van der Waals surface area contributed by atoms with Gasteiger partial charge in [-0.3, -0.25) is 15.0 Å². The number of nitrogens with one attached hydrogen (secondary N) is 2. The van der Waals surface area contributed by atoms with Crippen LogP contribution < -0.4 is 16.0 Å². The molecule has 3 aromatic carbocycles. The van der Waals surface area contributed by atoms with E-state index in [9.17, 15) is 9.59 Å². The number of rotatable bonds is 11. The van der Waals surface area contributed by atoms with E-state index in [1.807, 2.05) is 67.1 Å². The number of carbonyl (C=O) groups is 2. The molecule has 38 heavy (non-hydrogen) atoms. The molecule has 0 aliphatic rings. The summed E-state index contributed by atoms with van der Waals surface area (Å²) in [6.07, 6.45) is 0.858. The number of amidine groups is 1. The molecule has 0 fully saturated rings. The van der Waals surface area contributed by atoms with Gasteiger partial charge in [0.25, 0.3) is 5.91 Å². The van der Waals surface area contributed by atoms with Crippen molar-refractivity contribution >= 4 is 40.1 Å². The van der Waals surface area contributed by atoms with E-state index in [2.05, 4.69) is 5.32 Å². The van der Waals surface area contributed by atoms with Crippen molar-refractivity contribution in [2.75, 3.05) is 23.4 Å². The average Bonchev–Trinajstić information content (AvgIpc) is 3.26. The Hall–Kier alpha value is -4.66. The monoisotopic (exact) mass is 512 g/mol. The Kier molecular flexibility index (Phi) is 8.37. The fourth-order valence-corrected chi connectivity index (χ4v) is 4.09. The summed E-state index contributed by atoms with van der Waals surface area (Å²) >= 11 is 0. The van der Waals surface area contributed by atoms with E-state index in [4.69, 9.17) is 20.9 Å². The molecule has 4 N–H and O–H groups in total. The lowest BCUT2D eigenvalue weighted by Gasteiger charge is -2.22. The van der Waals surface area contributed by atoms with Crippen LogP contribution in [0.25, 0.3) is 11.0 Å². The number of ether oxygens (including phenoxy) is 1. The van der Waals surface area contributed by atoms with Crippen molar-refractivity contribution in [2.45, 2.75) is 26.3 Å². The minimum atomic E-state index is -0.325. The van der Waals surface area contributed by atoms with E-state index < -0.39 is 0 Å². The van der Waals surface area contributed by atoms with Gasteiger partial charge in [-0.05, 0) is 61.0 Å². The van der Waals surface area contributed by atoms with Crippen LogP contribution in [0, 0.1) is 5.41 Å². The minimum absolute atomic E-state index is 0.0273. The van der Waals surface area contributed by atoms with E-state index in [-0.39, 0.29) is 30.7 Å². The second-order valence-electron chi connectivity index (χ2n) is 8.90. The summed E-state index contributed by atoms with van der Waals surface area (Å²) in [7, 11) is 1.94. The molecule has 0 saturated heterocycles. The van der Waals surface area contributed by atoms with Gasteiger partial charge < -0.3 is 25.3 Å². The number of anilines is 2. The quantitative estimate of drug-likeness (QED) is 0.155. The lowest BCUT2D eigenvalue weighted by molar-refractivity contribution is -0.143. The summed E-state index contributed by atoms with van der Waals surface area (Å²) in [4.78, 5) is 32.1. The summed E-state index contributed by atoms with van der Waals surface area (Å²) in [6, 6.07) is 22.1. The molecule has 0 aliphatic heterocycles. The summed E-state index contributed by atoms with van der Waals surface area (Å²) in [5.74, 6) is 0.296. The molecule has 0 atom stereocenters. The number of esters is 1. The number of nitrogens with zero attached hydrogens (tertiary/aromatic N) is 3. The largest absolute Gasteiger partial charge is 0.466 e. The maximum atomic E-state index is 13.6. The lowest BCUT2D eigenvalue weighted by Crippen LogP contribution is -2.33. The van der Waals surface area contributed by atoms with Crippen LogP contribution >= 0.6 is 0 Å². The topological polar surface area (TPSA) is 126 Å². The third-order valence-corrected chi connectivity index (χ3v) is 6.19. The van der Waals surface area contributed by atoms with Crippen LogP contribution in [-0.4, -0.2) is 40.4 Å². The van der Waals surface area contributed by atoms with Crippen LogP contribution in [0.5, 0.6) is 0 Å². The van der Waals surface area contributed by atoms with Crippen molar-refractivity contribution < 1.29 is 14.3 Å². The summed E-state index contributed by atoms with van der Waals surface area (Å²) < 4.78 is 7.18. The number of aromatic nitrogens is 2. The van der Waals surface area contributed by atoms with Crippen molar-refractivity contribution in [3.8, 4) is 0 Å². The summed E-state index contributed by atoms with van der Waals surface area (Å²) in [5, 5.41) is 10.9. The number of carbonyl (C=O) groups excluding carboxylic acids is 2. The third-order valence-electron chi connectivity index (χ3n) is 6.19. The highest BCUT2D eigenvalue weighted by Crippen LogP contribution is 2.22. The molecule has 0 radical (unpaired) electrons. The number of nitrogens with two attached hydrogens (primary N) is 1. The van der Waals surface area contributed by atoms with Crippen LogP contribution in [0.4, 0.5) is 11.4 Å². The molecule has 4 rings (SSSR count). The predicted octanol–water partition coefficient (Wildman–Crippen LogP) is 4.46. The van der Waals surface area contributed by atoms with Gasteiger partial charge in [-0.15, -0.1) is 0 Å². The molecule has 4 aromatic rings. The standard InChI is InChI=1S/C29H32N6O3/c1-3-17-38-27(36)15-16-35(23-7-5-4-6-8-23)29(37)21-11-14-25-24(18-21)33-26(34(25)2)19-32-22-12-9-20(10-13-22)28(30)31/h4-14,18,32H,3,15-17,19H2,1-2H3,(H3,30,31). The zero-order valence-electron chi connectivity index (χ0n) is 21.6. The highest BCUT2D eigenvalue weighted by atomic mass is 16.5. The second kappa shape index (κ2) is 12.1. The molecule has 0 unspecified atom stereocenters. The van der Waals surface area contributed by atoms with Crippen LogP contribution in [0.15, 0.2) is 72.8 Å². The van der Waals surface area contributed by atoms with Crippen LogP contribution in [-0.2, 0) is 23.1 Å². The number of nitrogen functional groups attached to an aromatic ring is 1. The van der Waals surface area contributed by atoms with Crippen LogP contribution in [0.3, 0.4) is 0 Å². The van der Waals surface area contributed by atoms with Gasteiger partial charge in [-0.2, -0.15) is 0 Å². The summed E-state index contributed by atoms with van der Waals surface area (Å²) in [6.45, 7) is 3.00. The zero-order valence-corrected chi connectivity index (χ0v) is 21.6. The van der Waals surface area contributed by atoms with Gasteiger partial charge in [-0.25, -0.2) is 4.98 Å². The molecule has 0 aliphatic carbocycles. The summed E-state index contributed by atoms with van der Waals surface area (Å²) in [5.41, 5.74) is 9.88. The molecule has 0 spiro atoms. The average molecular weight is 513 g/mol. The van der Waals surface area contributed by atoms with E-state index in [0.717, 1.165) is 23.4 Å². The van der Waals surface area contributed by atoms with Gasteiger partial charge in [0.15, 0.2) is 0 Å². The number of amides is 1. The maximum Gasteiger partial charge on any atom is 0.307 e. The first-order valence-corrected chi connectivity index (χ1v) is 12.5. The minimum Gasteiger partial charge on any atom is -0.466 e. The van der Waals surface area contributed by atoms with Gasteiger partial charge in [0, 0.05) is 36.1 Å². The molecule has 1 heterocycles. The maximum absolute atomic E-state index is 13.6.